The van der Waals surface area contributed by atoms with Crippen LogP contribution in [0.15, 0.2) is 46.8 Å². The topological polar surface area (TPSA) is 152 Å². The number of benzene rings is 1. The van der Waals surface area contributed by atoms with E-state index in [4.69, 9.17) is 5.73 Å². The van der Waals surface area contributed by atoms with E-state index in [1.807, 2.05) is 0 Å². The van der Waals surface area contributed by atoms with Gasteiger partial charge in [0.25, 0.3) is 0 Å². The maximum atomic E-state index is 15.1. The van der Waals surface area contributed by atoms with E-state index in [-0.39, 0.29) is 30.5 Å². The highest BCUT2D eigenvalue weighted by Gasteiger charge is 2.53. The van der Waals surface area contributed by atoms with Gasteiger partial charge in [0, 0.05) is 37.5 Å². The highest BCUT2D eigenvalue weighted by atomic mass is 19.4. The molecule has 13 nitrogen and oxygen atoms in total. The zero-order valence-electron chi connectivity index (χ0n) is 31.5. The summed E-state index contributed by atoms with van der Waals surface area (Å²) in [4.78, 5) is 73.9. The van der Waals surface area contributed by atoms with Gasteiger partial charge in [-0.05, 0) is 55.6 Å². The van der Waals surface area contributed by atoms with E-state index in [9.17, 15) is 45.9 Å². The molecule has 5 unspecified atom stereocenters. The van der Waals surface area contributed by atoms with Gasteiger partial charge in [0.2, 0.25) is 30.8 Å². The number of nitrogens with zero attached hydrogens (tertiary/aromatic N) is 7. The maximum Gasteiger partial charge on any atom is 0.431 e. The van der Waals surface area contributed by atoms with Crippen molar-refractivity contribution >= 4 is 30.4 Å². The molecule has 3 aliphatic heterocycles. The first kappa shape index (κ1) is 42.3. The Labute approximate surface area is 320 Å². The molecule has 5 rings (SSSR count). The van der Waals surface area contributed by atoms with Crippen molar-refractivity contribution in [2.24, 2.45) is 27.8 Å². The first-order valence-electron chi connectivity index (χ1n) is 18.5. The molecule has 5 atom stereocenters. The fourth-order valence-electron chi connectivity index (χ4n) is 8.10. The quantitative estimate of drug-likeness (QED) is 0.150. The molecule has 4 amide bonds. The molecule has 1 aliphatic carbocycles. The molecule has 0 aromatic heterocycles. The third-order valence-corrected chi connectivity index (χ3v) is 11.1. The predicted molar refractivity (Wildman–Crippen MR) is 187 cm³/mol. The second-order valence-electron chi connectivity index (χ2n) is 15.3. The lowest BCUT2D eigenvalue weighted by Crippen LogP contribution is -2.66. The van der Waals surface area contributed by atoms with Crippen LogP contribution in [-0.2, 0) is 30.4 Å². The van der Waals surface area contributed by atoms with Gasteiger partial charge in [-0.15, -0.1) is 5.11 Å². The van der Waals surface area contributed by atoms with Crippen molar-refractivity contribution in [3.05, 3.63) is 59.6 Å². The lowest BCUT2D eigenvalue weighted by Gasteiger charge is -2.47. The van der Waals surface area contributed by atoms with E-state index in [1.54, 1.807) is 27.7 Å². The Morgan fingerprint density at radius 1 is 0.964 bits per heavy atom. The van der Waals surface area contributed by atoms with E-state index < -0.39 is 95.8 Å². The summed E-state index contributed by atoms with van der Waals surface area (Å²) >= 11 is 0. The average Bonchev–Trinajstić information content (AvgIpc) is 3.92. The number of carbonyl (C=O) groups is 5. The molecule has 2 N–H and O–H groups in total. The number of alkyl halides is 3. The standard InChI is InChI=1S/C37H46F6N8O5/c1-21(2)31(44)33(55)36(9-5-6-10-36)51(20-53)32(22(3)4)34(56)49-11-7-8-29(49)50(19-52)24(14-23-15-26(39)27(40)17-25(23)38)16-30(54)47-12-13-48-28(18-47)45-46-35(48)37(41,42)43/h12-13,15,17-22,24,29,31-32,35H,5-11,14,16,44H2,1-4H3. The molecule has 2 fully saturated rings. The fourth-order valence-corrected chi connectivity index (χ4v) is 8.10. The van der Waals surface area contributed by atoms with E-state index in [1.165, 1.54) is 9.80 Å². The number of nitrogens with two attached hydrogens (primary N) is 1. The lowest BCUT2D eigenvalue weighted by atomic mass is 9.80. The third kappa shape index (κ3) is 8.18. The van der Waals surface area contributed by atoms with E-state index in [0.717, 1.165) is 28.4 Å². The first-order chi connectivity index (χ1) is 26.4. The number of fused-ring (bicyclic) bond motifs is 1. The van der Waals surface area contributed by atoms with Crippen LogP contribution < -0.4 is 5.73 Å². The van der Waals surface area contributed by atoms with Crippen LogP contribution in [0.5, 0.6) is 0 Å². The summed E-state index contributed by atoms with van der Waals surface area (Å²) in [7, 11) is 0. The van der Waals surface area contributed by atoms with Crippen molar-refractivity contribution in [2.75, 3.05) is 6.54 Å². The van der Waals surface area contributed by atoms with Crippen LogP contribution >= 0.6 is 0 Å². The number of Topliss-reactive ketones (excluding diaryl/α,β-unsaturated/α-hetero) is 1. The number of hydrogen-bond donors (Lipinski definition) is 1. The van der Waals surface area contributed by atoms with Crippen LogP contribution in [-0.4, -0.2) is 104 Å². The molecule has 1 aromatic carbocycles. The maximum absolute atomic E-state index is 15.1. The summed E-state index contributed by atoms with van der Waals surface area (Å²) in [6, 6.07) is -2.49. The number of hydrogen-bond acceptors (Lipinski definition) is 9. The van der Waals surface area contributed by atoms with E-state index >= 15 is 4.39 Å². The van der Waals surface area contributed by atoms with Crippen molar-refractivity contribution < 1.29 is 50.3 Å². The molecule has 1 aromatic rings. The Morgan fingerprint density at radius 2 is 1.62 bits per heavy atom. The number of likely N-dealkylation sites (tertiary alicyclic amines) is 1. The van der Waals surface area contributed by atoms with Crippen LogP contribution in [0, 0.1) is 29.3 Å². The molecule has 0 radical (unpaired) electrons. The summed E-state index contributed by atoms with van der Waals surface area (Å²) in [6.07, 6.45) is -3.12. The molecule has 1 saturated carbocycles. The van der Waals surface area contributed by atoms with Crippen LogP contribution in [0.1, 0.15) is 78.2 Å². The van der Waals surface area contributed by atoms with Crippen LogP contribution in [0.4, 0.5) is 26.3 Å². The zero-order chi connectivity index (χ0) is 41.3. The molecule has 0 spiro atoms. The van der Waals surface area contributed by atoms with Crippen molar-refractivity contribution in [1.29, 1.82) is 0 Å². The first-order valence-corrected chi connectivity index (χ1v) is 18.5. The Morgan fingerprint density at radius 3 is 2.21 bits per heavy atom. The minimum Gasteiger partial charge on any atom is -0.321 e. The van der Waals surface area contributed by atoms with Gasteiger partial charge in [-0.25, -0.2) is 13.2 Å². The molecule has 4 aliphatic rings. The number of ketones is 1. The van der Waals surface area contributed by atoms with Crippen molar-refractivity contribution in [3.63, 3.8) is 0 Å². The largest absolute Gasteiger partial charge is 0.431 e. The predicted octanol–water partition coefficient (Wildman–Crippen LogP) is 4.93. The number of rotatable bonds is 15. The Bertz CT molecular complexity index is 1780. The molecular formula is C37H46F6N8O5. The number of azo groups is 1. The van der Waals surface area contributed by atoms with Gasteiger partial charge in [-0.3, -0.25) is 33.8 Å². The number of amides is 4. The SMILES string of the molecule is CC(C)C(N)C(=O)C1(N(C=O)C(C(=O)N2CCCC2N(C=O)C(CC(=O)N2C=CN3C(=C2)N=NC3C(F)(F)F)Cc2cc(F)c(F)cc2F)C(C)C)CCCC1. The normalized spacial score (nSPS) is 21.9. The molecule has 56 heavy (non-hydrogen) atoms. The monoisotopic (exact) mass is 796 g/mol. The van der Waals surface area contributed by atoms with Crippen molar-refractivity contribution in [3.8, 4) is 0 Å². The second-order valence-corrected chi connectivity index (χ2v) is 15.3. The molecule has 0 bridgehead atoms. The summed E-state index contributed by atoms with van der Waals surface area (Å²) < 4.78 is 83.8. The van der Waals surface area contributed by atoms with Crippen LogP contribution in [0.3, 0.4) is 0 Å². The van der Waals surface area contributed by atoms with Gasteiger partial charge in [-0.1, -0.05) is 40.5 Å². The Hall–Kier alpha value is -4.81. The highest BCUT2D eigenvalue weighted by molar-refractivity contribution is 5.96. The van der Waals surface area contributed by atoms with Gasteiger partial charge >= 0.3 is 6.18 Å². The van der Waals surface area contributed by atoms with Gasteiger partial charge in [0.1, 0.15) is 23.6 Å². The number of carbonyl (C=O) groups excluding carboxylic acids is 5. The van der Waals surface area contributed by atoms with Crippen LogP contribution in [0.2, 0.25) is 0 Å². The van der Waals surface area contributed by atoms with Gasteiger partial charge in [0.15, 0.2) is 23.2 Å². The Balaban J connectivity index is 1.48. The smallest absolute Gasteiger partial charge is 0.321 e. The molecular weight excluding hydrogens is 750 g/mol. The summed E-state index contributed by atoms with van der Waals surface area (Å²) in [5, 5.41) is 6.75. The van der Waals surface area contributed by atoms with Crippen molar-refractivity contribution in [1.82, 2.24) is 24.5 Å². The fraction of sp³-hybridized carbons (Fsp3) is 0.595. The van der Waals surface area contributed by atoms with Gasteiger partial charge < -0.3 is 20.4 Å². The van der Waals surface area contributed by atoms with E-state index in [0.29, 0.717) is 62.0 Å². The second kappa shape index (κ2) is 16.7. The van der Waals surface area contributed by atoms with Crippen molar-refractivity contribution in [2.45, 2.75) is 121 Å². The number of halogens is 6. The zero-order valence-corrected chi connectivity index (χ0v) is 31.5. The summed E-state index contributed by atoms with van der Waals surface area (Å²) in [5.41, 5.74) is 4.60. The third-order valence-electron chi connectivity index (χ3n) is 11.1. The molecule has 3 heterocycles. The highest BCUT2D eigenvalue weighted by Crippen LogP contribution is 2.41. The summed E-state index contributed by atoms with van der Waals surface area (Å²) in [6.45, 7) is 7.10. The minimum absolute atomic E-state index is 0.0958. The molecule has 1 saturated heterocycles. The van der Waals surface area contributed by atoms with Crippen LogP contribution in [0.25, 0.3) is 0 Å². The minimum atomic E-state index is -4.77. The average molecular weight is 797 g/mol. The Kier molecular flexibility index (Phi) is 12.7. The lowest BCUT2D eigenvalue weighted by molar-refractivity contribution is -0.168. The van der Waals surface area contributed by atoms with Gasteiger partial charge in [0.05, 0.1) is 12.2 Å². The van der Waals surface area contributed by atoms with E-state index in [2.05, 4.69) is 10.2 Å². The summed E-state index contributed by atoms with van der Waals surface area (Å²) in [5.74, 6) is -6.86. The molecule has 306 valence electrons. The molecule has 19 heteroatoms. The van der Waals surface area contributed by atoms with Gasteiger partial charge in [-0.2, -0.15) is 18.3 Å².